The number of ketones is 1. The number of hydrogen-bond acceptors (Lipinski definition) is 3. The Bertz CT molecular complexity index is 240. The van der Waals surface area contributed by atoms with Crippen LogP contribution in [0.15, 0.2) is 13.2 Å². The second-order valence-electron chi connectivity index (χ2n) is 7.40. The zero-order valence-corrected chi connectivity index (χ0v) is 28.4. The van der Waals surface area contributed by atoms with Gasteiger partial charge in [-0.2, -0.15) is 0 Å². The van der Waals surface area contributed by atoms with Crippen molar-refractivity contribution in [1.82, 2.24) is 0 Å². The number of hydrogen-bond donors (Lipinski definition) is 0. The van der Waals surface area contributed by atoms with Crippen LogP contribution < -0.4 is 69.7 Å². The van der Waals surface area contributed by atoms with Crippen LogP contribution in [-0.2, 0) is 9.22 Å². The summed E-state index contributed by atoms with van der Waals surface area (Å²) >= 11 is 5.30. The van der Waals surface area contributed by atoms with Crippen molar-refractivity contribution < 1.29 is 79.0 Å². The van der Waals surface area contributed by atoms with Crippen molar-refractivity contribution in [2.45, 2.75) is 109 Å². The largest absolute Gasteiger partial charge is 1.00 e. The van der Waals surface area contributed by atoms with E-state index in [1.807, 2.05) is 0 Å². The molecule has 0 fully saturated rings. The van der Waals surface area contributed by atoms with Gasteiger partial charge in [0.1, 0.15) is 5.78 Å². The Kier molecular flexibility index (Phi) is 72.2. The smallest absolute Gasteiger partial charge is 1.00 e. The van der Waals surface area contributed by atoms with Crippen molar-refractivity contribution in [3.63, 3.8) is 0 Å². The molecule has 0 bridgehead atoms. The fourth-order valence-electron chi connectivity index (χ4n) is 0.919. The third kappa shape index (κ3) is 251. The van der Waals surface area contributed by atoms with E-state index >= 15 is 0 Å². The van der Waals surface area contributed by atoms with E-state index in [1.165, 1.54) is 13.8 Å². The van der Waals surface area contributed by atoms with Crippen LogP contribution in [0.5, 0.6) is 0 Å². The quantitative estimate of drug-likeness (QED) is 0.233. The molecule has 0 aliphatic carbocycles. The van der Waals surface area contributed by atoms with Crippen molar-refractivity contribution in [2.75, 3.05) is 0 Å². The molecule has 0 heterocycles. The Morgan fingerprint density at radius 2 is 1.04 bits per heavy atom. The molecule has 0 aromatic heterocycles. The van der Waals surface area contributed by atoms with Crippen LogP contribution in [-0.4, -0.2) is 25.3 Å². The minimum absolute atomic E-state index is 0. The van der Waals surface area contributed by atoms with E-state index in [1.54, 1.807) is 20.8 Å². The Balaban J connectivity index is -0.0000000226. The summed E-state index contributed by atoms with van der Waals surface area (Å²) in [5.74, 6) is 0.167. The molecule has 0 N–H and O–H groups in total. The van der Waals surface area contributed by atoms with Gasteiger partial charge < -0.3 is 14.3 Å². The van der Waals surface area contributed by atoms with Gasteiger partial charge in [0.2, 0.25) is 0 Å². The summed E-state index contributed by atoms with van der Waals surface area (Å²) in [6.45, 7) is 26.9. The van der Waals surface area contributed by atoms with Gasteiger partial charge in [0, 0.05) is 5.60 Å². The third-order valence-corrected chi connectivity index (χ3v) is 1.84. The van der Waals surface area contributed by atoms with Crippen LogP contribution in [0.1, 0.15) is 77.7 Å². The van der Waals surface area contributed by atoms with Crippen molar-refractivity contribution in [3.05, 3.63) is 13.2 Å². The molecule has 0 radical (unpaired) electrons. The fourth-order valence-corrected chi connectivity index (χ4v) is 2.76. The van der Waals surface area contributed by atoms with Gasteiger partial charge in [0.15, 0.2) is 8.32 Å². The monoisotopic (exact) mass is 773 g/mol. The second-order valence-corrected chi connectivity index (χ2v) is 28.1. The van der Waals surface area contributed by atoms with Gasteiger partial charge in [-0.05, 0) is 54.3 Å². The molecule has 0 aliphatic rings. The fraction of sp³-hybridized carbons (Fsp3) is 0.842. The Hall–Kier alpha value is 3.37. The van der Waals surface area contributed by atoms with E-state index in [0.717, 1.165) is 0 Å². The summed E-state index contributed by atoms with van der Waals surface area (Å²) in [5.41, 5.74) is -0.704. The Morgan fingerprint density at radius 1 is 0.926 bits per heavy atom. The SMILES string of the molecule is C.C.C.C=C.CC(C)(C)O[Si](C)(C)C.CC(C)(C)[O-].CC(C)=O.I[I-]I.[K+]. The molecule has 8 heteroatoms. The molecular weight excluding hydrogens is 724 g/mol. The molecule has 27 heavy (non-hydrogen) atoms. The minimum Gasteiger partial charge on any atom is 1.00 e. The maximum absolute atomic E-state index is 10.1. The van der Waals surface area contributed by atoms with Gasteiger partial charge in [-0.15, -0.1) is 18.8 Å². The first-order valence-electron chi connectivity index (χ1n) is 7.10. The summed E-state index contributed by atoms with van der Waals surface area (Å²) in [5, 5.41) is 10.1. The number of rotatable bonds is 1. The molecule has 0 saturated carbocycles. The molecule has 0 spiro atoms. The van der Waals surface area contributed by atoms with Crippen LogP contribution in [0.4, 0.5) is 0 Å². The second kappa shape index (κ2) is 34.0. The predicted octanol–water partition coefficient (Wildman–Crippen LogP) is 1.87. The first-order valence-corrected chi connectivity index (χ1v) is 23.1. The maximum Gasteiger partial charge on any atom is 1.00 e. The summed E-state index contributed by atoms with van der Waals surface area (Å²) in [7, 11) is -1.29. The van der Waals surface area contributed by atoms with Gasteiger partial charge in [-0.1, -0.05) is 43.1 Å². The zero-order chi connectivity index (χ0) is 20.5. The van der Waals surface area contributed by atoms with Crippen LogP contribution in [0, 0.1) is 0 Å². The topological polar surface area (TPSA) is 49.4 Å². The standard InChI is InChI=1S/C7H18OSi.C4H9O.C3H6O.C2H4.3CH4.I3.K/c1-7(2,3)8-9(4,5)6;1-4(2,3)5;1-3(2)4;1-2;;;;1-3-2;/h1-6H3;1-3H3;1-2H3;1-2H2;3*1H4;;/q;-1;;;;;;-1;+1. The number of Topliss-reactive ketones (excluding diaryl/α,β-unsaturated/α-hetero) is 1. The van der Waals surface area contributed by atoms with Crippen molar-refractivity contribution >= 4 is 51.3 Å². The third-order valence-electron chi connectivity index (χ3n) is 0.612. The predicted molar refractivity (Wildman–Crippen MR) is 140 cm³/mol. The molecule has 0 rings (SSSR count). The van der Waals surface area contributed by atoms with Crippen molar-refractivity contribution in [3.8, 4) is 0 Å². The molecule has 0 atom stereocenters. The van der Waals surface area contributed by atoms with Gasteiger partial charge in [0.05, 0.1) is 0 Å². The van der Waals surface area contributed by atoms with Gasteiger partial charge >= 0.3 is 102 Å². The molecule has 0 amide bonds. The van der Waals surface area contributed by atoms with Gasteiger partial charge in [-0.3, -0.25) is 0 Å². The summed E-state index contributed by atoms with van der Waals surface area (Å²) in [6, 6.07) is 0. The Morgan fingerprint density at radius 3 is 1.04 bits per heavy atom. The first kappa shape index (κ1) is 57.4. The number of carbonyl (C=O) groups excluding carboxylic acids is 1. The van der Waals surface area contributed by atoms with E-state index in [4.69, 9.17) is 4.43 Å². The van der Waals surface area contributed by atoms with Crippen molar-refractivity contribution in [2.24, 2.45) is 0 Å². The molecule has 0 aromatic rings. The normalized spacial score (nSPS) is 8.81. The molecule has 0 saturated heterocycles. The number of carbonyl (C=O) groups is 1. The summed E-state index contributed by atoms with van der Waals surface area (Å²) in [6.07, 6.45) is 0. The molecule has 0 aromatic carbocycles. The number of halogens is 3. The van der Waals surface area contributed by atoms with Crippen molar-refractivity contribution in [1.29, 1.82) is 0 Å². The van der Waals surface area contributed by atoms with E-state index < -0.39 is 13.9 Å². The molecular formula is C19H49I3KO3Si-. The molecule has 0 unspecified atom stereocenters. The zero-order valence-electron chi connectivity index (χ0n) is 17.8. The average molecular weight is 773 g/mol. The van der Waals surface area contributed by atoms with Gasteiger partial charge in [0.25, 0.3) is 0 Å². The van der Waals surface area contributed by atoms with E-state index in [2.05, 4.69) is 90.8 Å². The summed E-state index contributed by atoms with van der Waals surface area (Å²) < 4.78 is 5.76. The van der Waals surface area contributed by atoms with Crippen LogP contribution in [0.25, 0.3) is 0 Å². The first-order chi connectivity index (χ1) is 9.85. The van der Waals surface area contributed by atoms with E-state index in [-0.39, 0.29) is 85.0 Å². The van der Waals surface area contributed by atoms with Crippen LogP contribution >= 0.6 is 37.2 Å². The minimum atomic E-state index is -1.29. The van der Waals surface area contributed by atoms with E-state index in [0.29, 0.717) is 13.3 Å². The van der Waals surface area contributed by atoms with Gasteiger partial charge in [-0.25, -0.2) is 0 Å². The average Bonchev–Trinajstić information content (AvgIpc) is 2.11. The molecule has 3 nitrogen and oxygen atoms in total. The van der Waals surface area contributed by atoms with Crippen LogP contribution in [0.2, 0.25) is 19.6 Å². The molecule has 170 valence electrons. The van der Waals surface area contributed by atoms with Crippen LogP contribution in [0.3, 0.4) is 0 Å². The summed E-state index contributed by atoms with van der Waals surface area (Å²) in [4.78, 5) is 9.44. The molecule has 0 aliphatic heterocycles. The maximum atomic E-state index is 10.1. The van der Waals surface area contributed by atoms with E-state index in [9.17, 15) is 9.90 Å². The Labute approximate surface area is 247 Å².